The summed E-state index contributed by atoms with van der Waals surface area (Å²) in [6.07, 6.45) is 2.27. The van der Waals surface area contributed by atoms with Crippen LogP contribution in [0.3, 0.4) is 0 Å². The lowest BCUT2D eigenvalue weighted by Gasteiger charge is -2.28. The van der Waals surface area contributed by atoms with Crippen LogP contribution in [0.15, 0.2) is 28.7 Å². The summed E-state index contributed by atoms with van der Waals surface area (Å²) in [6, 6.07) is 8.59. The van der Waals surface area contributed by atoms with Crippen molar-refractivity contribution in [1.82, 2.24) is 5.32 Å². The third-order valence-corrected chi connectivity index (χ3v) is 4.28. The molecule has 114 valence electrons. The lowest BCUT2D eigenvalue weighted by molar-refractivity contribution is 0.213. The second-order valence-electron chi connectivity index (χ2n) is 5.74. The molecule has 0 aliphatic heterocycles. The van der Waals surface area contributed by atoms with Crippen LogP contribution in [0.2, 0.25) is 0 Å². The van der Waals surface area contributed by atoms with Crippen molar-refractivity contribution in [3.63, 3.8) is 0 Å². The van der Waals surface area contributed by atoms with Crippen molar-refractivity contribution in [1.29, 1.82) is 0 Å². The fourth-order valence-electron chi connectivity index (χ4n) is 2.53. The van der Waals surface area contributed by atoms with Gasteiger partial charge in [-0.2, -0.15) is 0 Å². The quantitative estimate of drug-likeness (QED) is 0.691. The van der Waals surface area contributed by atoms with Gasteiger partial charge in [-0.3, -0.25) is 0 Å². The number of ether oxygens (including phenoxy) is 1. The Balaban J connectivity index is 2.40. The standard InChI is InChI=1S/C17H28BrNO/c1-5-11-19-14(4)17(13(2)3)10-12-20-16-8-6-15(18)7-9-16/h6-9,13-14,17,19H,5,10-12H2,1-4H3. The normalized spacial score (nSPS) is 14.3. The molecule has 20 heavy (non-hydrogen) atoms. The second kappa shape index (κ2) is 9.41. The summed E-state index contributed by atoms with van der Waals surface area (Å²) < 4.78 is 6.93. The summed E-state index contributed by atoms with van der Waals surface area (Å²) in [5, 5.41) is 3.61. The van der Waals surface area contributed by atoms with Crippen molar-refractivity contribution in [3.8, 4) is 5.75 Å². The fourth-order valence-corrected chi connectivity index (χ4v) is 2.79. The highest BCUT2D eigenvalue weighted by molar-refractivity contribution is 9.10. The topological polar surface area (TPSA) is 21.3 Å². The first-order valence-electron chi connectivity index (χ1n) is 7.66. The SMILES string of the molecule is CCCNC(C)C(CCOc1ccc(Br)cc1)C(C)C. The van der Waals surface area contributed by atoms with E-state index in [1.165, 1.54) is 6.42 Å². The minimum atomic E-state index is 0.545. The van der Waals surface area contributed by atoms with Crippen molar-refractivity contribution in [2.24, 2.45) is 11.8 Å². The van der Waals surface area contributed by atoms with Crippen LogP contribution < -0.4 is 10.1 Å². The van der Waals surface area contributed by atoms with E-state index in [0.717, 1.165) is 29.8 Å². The molecule has 0 radical (unpaired) electrons. The molecule has 2 nitrogen and oxygen atoms in total. The van der Waals surface area contributed by atoms with Gasteiger partial charge in [0.05, 0.1) is 6.61 Å². The zero-order valence-electron chi connectivity index (χ0n) is 13.2. The molecule has 1 rings (SSSR count). The van der Waals surface area contributed by atoms with Gasteiger partial charge in [0, 0.05) is 10.5 Å². The van der Waals surface area contributed by atoms with E-state index in [4.69, 9.17) is 4.74 Å². The van der Waals surface area contributed by atoms with E-state index in [2.05, 4.69) is 48.9 Å². The van der Waals surface area contributed by atoms with Crippen LogP contribution in [0, 0.1) is 11.8 Å². The van der Waals surface area contributed by atoms with Gasteiger partial charge in [0.25, 0.3) is 0 Å². The lowest BCUT2D eigenvalue weighted by Crippen LogP contribution is -2.37. The first kappa shape index (κ1) is 17.5. The number of rotatable bonds is 9. The van der Waals surface area contributed by atoms with Crippen molar-refractivity contribution in [2.45, 2.75) is 46.6 Å². The van der Waals surface area contributed by atoms with Crippen LogP contribution in [0.1, 0.15) is 40.5 Å². The smallest absolute Gasteiger partial charge is 0.119 e. The Bertz CT molecular complexity index is 364. The maximum atomic E-state index is 5.85. The van der Waals surface area contributed by atoms with E-state index in [-0.39, 0.29) is 0 Å². The largest absolute Gasteiger partial charge is 0.494 e. The Morgan fingerprint density at radius 3 is 2.35 bits per heavy atom. The molecule has 0 spiro atoms. The van der Waals surface area contributed by atoms with E-state index in [1.807, 2.05) is 24.3 Å². The summed E-state index contributed by atoms with van der Waals surface area (Å²) in [6.45, 7) is 11.0. The second-order valence-corrected chi connectivity index (χ2v) is 6.66. The predicted octanol–water partition coefficient (Wildman–Crippen LogP) is 4.88. The number of hydrogen-bond donors (Lipinski definition) is 1. The molecule has 0 saturated heterocycles. The van der Waals surface area contributed by atoms with Gasteiger partial charge in [0.15, 0.2) is 0 Å². The molecule has 2 atom stereocenters. The van der Waals surface area contributed by atoms with Crippen LogP contribution in [0.25, 0.3) is 0 Å². The summed E-state index contributed by atoms with van der Waals surface area (Å²) in [4.78, 5) is 0. The summed E-state index contributed by atoms with van der Waals surface area (Å²) in [5.41, 5.74) is 0. The maximum Gasteiger partial charge on any atom is 0.119 e. The monoisotopic (exact) mass is 341 g/mol. The Kier molecular flexibility index (Phi) is 8.24. The molecule has 0 heterocycles. The Morgan fingerprint density at radius 1 is 1.15 bits per heavy atom. The lowest BCUT2D eigenvalue weighted by atomic mass is 9.86. The number of halogens is 1. The highest BCUT2D eigenvalue weighted by Gasteiger charge is 2.20. The molecule has 1 N–H and O–H groups in total. The van der Waals surface area contributed by atoms with E-state index >= 15 is 0 Å². The molecule has 3 heteroatoms. The minimum Gasteiger partial charge on any atom is -0.494 e. The zero-order chi connectivity index (χ0) is 15.0. The van der Waals surface area contributed by atoms with Crippen molar-refractivity contribution in [2.75, 3.05) is 13.2 Å². The summed E-state index contributed by atoms with van der Waals surface area (Å²) >= 11 is 3.44. The Morgan fingerprint density at radius 2 is 1.80 bits per heavy atom. The fraction of sp³-hybridized carbons (Fsp3) is 0.647. The molecule has 0 amide bonds. The third kappa shape index (κ3) is 6.27. The van der Waals surface area contributed by atoms with Crippen LogP contribution in [0.4, 0.5) is 0 Å². The van der Waals surface area contributed by atoms with Crippen LogP contribution in [-0.2, 0) is 0 Å². The highest BCUT2D eigenvalue weighted by Crippen LogP contribution is 2.21. The Hall–Kier alpha value is -0.540. The molecular formula is C17H28BrNO. The van der Waals surface area contributed by atoms with Crippen LogP contribution in [0.5, 0.6) is 5.75 Å². The molecular weight excluding hydrogens is 314 g/mol. The van der Waals surface area contributed by atoms with E-state index < -0.39 is 0 Å². The molecule has 0 fully saturated rings. The van der Waals surface area contributed by atoms with Gasteiger partial charge in [-0.1, -0.05) is 36.7 Å². The van der Waals surface area contributed by atoms with Crippen molar-refractivity contribution in [3.05, 3.63) is 28.7 Å². The van der Waals surface area contributed by atoms with E-state index in [1.54, 1.807) is 0 Å². The Labute approximate surface area is 132 Å². The maximum absolute atomic E-state index is 5.85. The number of hydrogen-bond acceptors (Lipinski definition) is 2. The molecule has 2 unspecified atom stereocenters. The summed E-state index contributed by atoms with van der Waals surface area (Å²) in [5.74, 6) is 2.27. The van der Waals surface area contributed by atoms with Gasteiger partial charge in [-0.05, 0) is 62.4 Å². The molecule has 1 aromatic rings. The zero-order valence-corrected chi connectivity index (χ0v) is 14.7. The van der Waals surface area contributed by atoms with E-state index in [9.17, 15) is 0 Å². The molecule has 0 aliphatic rings. The summed E-state index contributed by atoms with van der Waals surface area (Å²) in [7, 11) is 0. The average Bonchev–Trinajstić information content (AvgIpc) is 2.42. The molecule has 0 bridgehead atoms. The average molecular weight is 342 g/mol. The first-order chi connectivity index (χ1) is 9.54. The van der Waals surface area contributed by atoms with Gasteiger partial charge in [-0.25, -0.2) is 0 Å². The number of nitrogens with one attached hydrogen (secondary N) is 1. The van der Waals surface area contributed by atoms with Gasteiger partial charge >= 0.3 is 0 Å². The van der Waals surface area contributed by atoms with E-state index in [0.29, 0.717) is 17.9 Å². The third-order valence-electron chi connectivity index (χ3n) is 3.75. The van der Waals surface area contributed by atoms with Gasteiger partial charge in [0.2, 0.25) is 0 Å². The predicted molar refractivity (Wildman–Crippen MR) is 90.3 cm³/mol. The van der Waals surface area contributed by atoms with Gasteiger partial charge in [-0.15, -0.1) is 0 Å². The van der Waals surface area contributed by atoms with Crippen molar-refractivity contribution >= 4 is 15.9 Å². The highest BCUT2D eigenvalue weighted by atomic mass is 79.9. The minimum absolute atomic E-state index is 0.545. The van der Waals surface area contributed by atoms with Crippen LogP contribution in [-0.4, -0.2) is 19.2 Å². The van der Waals surface area contributed by atoms with Gasteiger partial charge in [0.1, 0.15) is 5.75 Å². The number of benzene rings is 1. The molecule has 0 saturated carbocycles. The molecule has 1 aromatic carbocycles. The van der Waals surface area contributed by atoms with Crippen molar-refractivity contribution < 1.29 is 4.74 Å². The van der Waals surface area contributed by atoms with Gasteiger partial charge < -0.3 is 10.1 Å². The van der Waals surface area contributed by atoms with Crippen LogP contribution >= 0.6 is 15.9 Å². The first-order valence-corrected chi connectivity index (χ1v) is 8.45. The molecule has 0 aromatic heterocycles. The molecule has 0 aliphatic carbocycles.